The lowest BCUT2D eigenvalue weighted by atomic mass is 9.83. The second kappa shape index (κ2) is 19.8. The number of hydrogen-bond acceptors (Lipinski definition) is 8. The van der Waals surface area contributed by atoms with Gasteiger partial charge in [0.2, 0.25) is 29.5 Å². The van der Waals surface area contributed by atoms with Crippen LogP contribution in [0.2, 0.25) is 0 Å². The standard InChI is InChI=1S/C33H60N6O7/c1-7-8-9-13-16-26-21(4)33(45)39(6)25(17-20(2)3)30(42)38-28(23-14-11-10-12-15-23)32(44)36-24(18-34)29(41)37-27(22(5)40)31(43)35-19-46-26/h20-28,40H,7-19,34H2,1-6H3,(H,35,43)(H,36,44)(H,37,41)(H,38,42)/t21-,22+,24+,25+,26-,27+,28+/m1/s1. The number of carbonyl (C=O) groups is 5. The van der Waals surface area contributed by atoms with Crippen molar-refractivity contribution < 1.29 is 33.8 Å². The van der Waals surface area contributed by atoms with Crippen molar-refractivity contribution in [2.75, 3.05) is 20.3 Å². The summed E-state index contributed by atoms with van der Waals surface area (Å²) in [6.07, 6.45) is 7.26. The van der Waals surface area contributed by atoms with Crippen molar-refractivity contribution in [1.29, 1.82) is 0 Å². The fourth-order valence-electron chi connectivity index (χ4n) is 6.37. The summed E-state index contributed by atoms with van der Waals surface area (Å²) in [6, 6.07) is -4.35. The molecule has 2 aliphatic rings. The molecule has 0 bridgehead atoms. The molecule has 1 aliphatic heterocycles. The minimum absolute atomic E-state index is 0.0737. The Kier molecular flexibility index (Phi) is 17.0. The molecule has 0 radical (unpaired) electrons. The summed E-state index contributed by atoms with van der Waals surface area (Å²) < 4.78 is 6.07. The highest BCUT2D eigenvalue weighted by molar-refractivity contribution is 5.96. The van der Waals surface area contributed by atoms with E-state index in [1.54, 1.807) is 14.0 Å². The summed E-state index contributed by atoms with van der Waals surface area (Å²) in [5, 5.41) is 21.1. The van der Waals surface area contributed by atoms with Crippen molar-refractivity contribution in [1.82, 2.24) is 26.2 Å². The monoisotopic (exact) mass is 652 g/mol. The first-order valence-electron chi connectivity index (χ1n) is 17.3. The maximum Gasteiger partial charge on any atom is 0.247 e. The van der Waals surface area contributed by atoms with Crippen LogP contribution in [0.5, 0.6) is 0 Å². The van der Waals surface area contributed by atoms with Crippen LogP contribution in [0.25, 0.3) is 0 Å². The third kappa shape index (κ3) is 11.8. The van der Waals surface area contributed by atoms with Crippen molar-refractivity contribution in [3.8, 4) is 0 Å². The Balaban J connectivity index is 2.52. The summed E-state index contributed by atoms with van der Waals surface area (Å²) in [4.78, 5) is 69.5. The summed E-state index contributed by atoms with van der Waals surface area (Å²) in [7, 11) is 1.61. The van der Waals surface area contributed by atoms with E-state index in [2.05, 4.69) is 28.2 Å². The van der Waals surface area contributed by atoms with Crippen LogP contribution in [0.15, 0.2) is 0 Å². The van der Waals surface area contributed by atoms with Crippen molar-refractivity contribution in [2.45, 2.75) is 142 Å². The van der Waals surface area contributed by atoms with Crippen LogP contribution in [0, 0.1) is 17.8 Å². The van der Waals surface area contributed by atoms with Crippen LogP contribution in [0.1, 0.15) is 105 Å². The van der Waals surface area contributed by atoms with Crippen LogP contribution in [0.3, 0.4) is 0 Å². The SMILES string of the molecule is CCCCCC[C@H]1OCNC(=O)[C@H]([C@H](C)O)NC(=O)[C@H](CN)NC(=O)[C@H](C2CCCCC2)NC(=O)[C@H](CC(C)C)N(C)C(=O)[C@@H]1C. The molecule has 1 saturated carbocycles. The summed E-state index contributed by atoms with van der Waals surface area (Å²) in [5.74, 6) is -3.42. The molecule has 1 heterocycles. The Morgan fingerprint density at radius 1 is 0.913 bits per heavy atom. The Bertz CT molecular complexity index is 1000. The van der Waals surface area contributed by atoms with Crippen LogP contribution < -0.4 is 27.0 Å². The first-order chi connectivity index (χ1) is 21.8. The molecule has 5 amide bonds. The van der Waals surface area contributed by atoms with Gasteiger partial charge in [-0.25, -0.2) is 0 Å². The smallest absolute Gasteiger partial charge is 0.247 e. The quantitative estimate of drug-likeness (QED) is 0.190. The van der Waals surface area contributed by atoms with Gasteiger partial charge in [0.05, 0.1) is 18.1 Å². The lowest BCUT2D eigenvalue weighted by molar-refractivity contribution is -0.148. The fraction of sp³-hybridized carbons (Fsp3) is 0.848. The largest absolute Gasteiger partial charge is 0.391 e. The molecule has 0 aromatic carbocycles. The number of likely N-dealkylation sites (N-methyl/N-ethyl adjacent to an activating group) is 1. The topological polar surface area (TPSA) is 192 Å². The molecule has 46 heavy (non-hydrogen) atoms. The van der Waals surface area contributed by atoms with Crippen molar-refractivity contribution in [3.05, 3.63) is 0 Å². The molecule has 1 saturated heterocycles. The number of unbranched alkanes of at least 4 members (excludes halogenated alkanes) is 3. The molecule has 2 rings (SSSR count). The second-order valence-electron chi connectivity index (χ2n) is 13.5. The number of rotatable bonds is 10. The number of nitrogens with zero attached hydrogens (tertiary/aromatic N) is 1. The Morgan fingerprint density at radius 2 is 1.59 bits per heavy atom. The number of nitrogens with one attached hydrogen (secondary N) is 4. The zero-order chi connectivity index (χ0) is 34.4. The lowest BCUT2D eigenvalue weighted by Crippen LogP contribution is -2.62. The van der Waals surface area contributed by atoms with Crippen LogP contribution >= 0.6 is 0 Å². The van der Waals surface area contributed by atoms with Crippen molar-refractivity contribution >= 4 is 29.5 Å². The van der Waals surface area contributed by atoms with E-state index in [0.29, 0.717) is 12.8 Å². The van der Waals surface area contributed by atoms with Gasteiger partial charge in [-0.15, -0.1) is 0 Å². The number of hydrogen-bond donors (Lipinski definition) is 6. The van der Waals surface area contributed by atoms with E-state index in [1.807, 2.05) is 13.8 Å². The van der Waals surface area contributed by atoms with Gasteiger partial charge in [-0.3, -0.25) is 24.0 Å². The zero-order valence-corrected chi connectivity index (χ0v) is 28.8. The highest BCUT2D eigenvalue weighted by atomic mass is 16.5. The van der Waals surface area contributed by atoms with Gasteiger partial charge >= 0.3 is 0 Å². The molecule has 1 aliphatic carbocycles. The Hall–Kier alpha value is -2.77. The molecule has 7 atom stereocenters. The van der Waals surface area contributed by atoms with Gasteiger partial charge in [0.15, 0.2) is 0 Å². The van der Waals surface area contributed by atoms with E-state index in [1.165, 1.54) is 11.8 Å². The van der Waals surface area contributed by atoms with Crippen molar-refractivity contribution in [2.24, 2.45) is 23.5 Å². The highest BCUT2D eigenvalue weighted by Crippen LogP contribution is 2.28. The number of ether oxygens (including phenoxy) is 1. The predicted octanol–water partition coefficient (Wildman–Crippen LogP) is 1.31. The summed E-state index contributed by atoms with van der Waals surface area (Å²) in [6.45, 7) is 8.65. The average molecular weight is 653 g/mol. The number of aliphatic hydroxyl groups excluding tert-OH is 1. The molecule has 0 aromatic heterocycles. The second-order valence-corrected chi connectivity index (χ2v) is 13.5. The number of aliphatic hydroxyl groups is 1. The molecule has 264 valence electrons. The maximum atomic E-state index is 14.0. The normalized spacial score (nSPS) is 29.3. The molecular formula is C33H60N6O7. The molecule has 7 N–H and O–H groups in total. The Labute approximate surface area is 274 Å². The minimum atomic E-state index is -1.35. The Morgan fingerprint density at radius 3 is 2.17 bits per heavy atom. The molecule has 13 nitrogen and oxygen atoms in total. The van der Waals surface area contributed by atoms with E-state index < -0.39 is 65.9 Å². The maximum absolute atomic E-state index is 14.0. The third-order valence-corrected chi connectivity index (χ3v) is 9.28. The van der Waals surface area contributed by atoms with Crippen LogP contribution in [-0.4, -0.2) is 96.2 Å². The van der Waals surface area contributed by atoms with E-state index in [4.69, 9.17) is 10.5 Å². The molecule has 13 heteroatoms. The van der Waals surface area contributed by atoms with Crippen LogP contribution in [-0.2, 0) is 28.7 Å². The van der Waals surface area contributed by atoms with Gasteiger partial charge in [0.1, 0.15) is 30.9 Å². The van der Waals surface area contributed by atoms with E-state index in [9.17, 15) is 29.1 Å². The predicted molar refractivity (Wildman–Crippen MR) is 175 cm³/mol. The molecular weight excluding hydrogens is 592 g/mol. The van der Waals surface area contributed by atoms with Gasteiger partial charge < -0.3 is 41.7 Å². The third-order valence-electron chi connectivity index (χ3n) is 9.28. The highest BCUT2D eigenvalue weighted by Gasteiger charge is 2.39. The first kappa shape index (κ1) is 39.4. The van der Waals surface area contributed by atoms with E-state index in [-0.39, 0.29) is 31.0 Å². The van der Waals surface area contributed by atoms with Gasteiger partial charge in [-0.1, -0.05) is 72.6 Å². The van der Waals surface area contributed by atoms with E-state index in [0.717, 1.165) is 57.8 Å². The van der Waals surface area contributed by atoms with Gasteiger partial charge in [0, 0.05) is 13.6 Å². The number of nitrogens with two attached hydrogens (primary N) is 1. The lowest BCUT2D eigenvalue weighted by Gasteiger charge is -2.36. The first-order valence-corrected chi connectivity index (χ1v) is 17.3. The summed E-state index contributed by atoms with van der Waals surface area (Å²) in [5.41, 5.74) is 5.89. The molecule has 0 spiro atoms. The summed E-state index contributed by atoms with van der Waals surface area (Å²) >= 11 is 0. The zero-order valence-electron chi connectivity index (χ0n) is 28.8. The number of amides is 5. The molecule has 2 fully saturated rings. The minimum Gasteiger partial charge on any atom is -0.391 e. The van der Waals surface area contributed by atoms with Crippen LogP contribution in [0.4, 0.5) is 0 Å². The van der Waals surface area contributed by atoms with Gasteiger partial charge in [0.25, 0.3) is 0 Å². The van der Waals surface area contributed by atoms with Crippen molar-refractivity contribution in [3.63, 3.8) is 0 Å². The van der Waals surface area contributed by atoms with Gasteiger partial charge in [-0.2, -0.15) is 0 Å². The average Bonchev–Trinajstić information content (AvgIpc) is 3.03. The molecule has 0 unspecified atom stereocenters. The van der Waals surface area contributed by atoms with E-state index >= 15 is 0 Å². The number of carbonyl (C=O) groups excluding carboxylic acids is 5. The van der Waals surface area contributed by atoms with Gasteiger partial charge in [-0.05, 0) is 44.4 Å². The molecule has 0 aromatic rings. The fourth-order valence-corrected chi connectivity index (χ4v) is 6.37.